The van der Waals surface area contributed by atoms with E-state index in [0.29, 0.717) is 5.56 Å². The first kappa shape index (κ1) is 14.1. The van der Waals surface area contributed by atoms with Gasteiger partial charge in [0.15, 0.2) is 0 Å². The molecule has 0 aliphatic rings. The number of amides is 1. The zero-order chi connectivity index (χ0) is 15.2. The first-order valence-corrected chi connectivity index (χ1v) is 7.12. The Morgan fingerprint density at radius 3 is 2.36 bits per heavy atom. The number of aromatic nitrogens is 1. The van der Waals surface area contributed by atoms with Crippen molar-refractivity contribution in [2.24, 2.45) is 0 Å². The Bertz CT molecular complexity index is 709. The van der Waals surface area contributed by atoms with Gasteiger partial charge in [0.25, 0.3) is 5.91 Å². The predicted molar refractivity (Wildman–Crippen MR) is 83.3 cm³/mol. The molecular weight excluding hydrogens is 276 g/mol. The largest absolute Gasteiger partial charge is 0.364 e. The summed E-state index contributed by atoms with van der Waals surface area (Å²) in [6, 6.07) is 19.9. The minimum Gasteiger partial charge on any atom is -0.364 e. The van der Waals surface area contributed by atoms with Crippen LogP contribution in [0.4, 0.5) is 0 Å². The molecule has 1 unspecified atom stereocenters. The van der Waals surface area contributed by atoms with E-state index in [-0.39, 0.29) is 11.9 Å². The second-order valence-electron chi connectivity index (χ2n) is 5.04. The first-order chi connectivity index (χ1) is 10.8. The average molecular weight is 292 g/mol. The molecule has 0 spiro atoms. The lowest BCUT2D eigenvalue weighted by Gasteiger charge is -2.19. The molecule has 0 aliphatic heterocycles. The SMILES string of the molecule is O=C(NC(Cc1ccccc1)c1ccccc1)c1cnoc1. The highest BCUT2D eigenvalue weighted by atomic mass is 16.5. The van der Waals surface area contributed by atoms with Crippen LogP contribution < -0.4 is 5.32 Å². The quantitative estimate of drug-likeness (QED) is 0.784. The minimum absolute atomic E-state index is 0.106. The van der Waals surface area contributed by atoms with Crippen LogP contribution in [0.3, 0.4) is 0 Å². The summed E-state index contributed by atoms with van der Waals surface area (Å²) in [7, 11) is 0. The second kappa shape index (κ2) is 6.72. The molecule has 4 heteroatoms. The van der Waals surface area contributed by atoms with Gasteiger partial charge in [0.05, 0.1) is 17.8 Å². The molecule has 0 bridgehead atoms. The third-order valence-corrected chi connectivity index (χ3v) is 3.48. The molecule has 1 amide bonds. The lowest BCUT2D eigenvalue weighted by molar-refractivity contribution is 0.0936. The van der Waals surface area contributed by atoms with E-state index in [1.54, 1.807) is 0 Å². The molecule has 110 valence electrons. The van der Waals surface area contributed by atoms with Gasteiger partial charge in [-0.2, -0.15) is 0 Å². The first-order valence-electron chi connectivity index (χ1n) is 7.12. The zero-order valence-corrected chi connectivity index (χ0v) is 12.0. The van der Waals surface area contributed by atoms with Crippen molar-refractivity contribution in [2.45, 2.75) is 12.5 Å². The molecule has 0 saturated heterocycles. The maximum Gasteiger partial charge on any atom is 0.256 e. The van der Waals surface area contributed by atoms with Gasteiger partial charge in [0, 0.05) is 0 Å². The summed E-state index contributed by atoms with van der Waals surface area (Å²) >= 11 is 0. The smallest absolute Gasteiger partial charge is 0.256 e. The number of hydrogen-bond acceptors (Lipinski definition) is 3. The van der Waals surface area contributed by atoms with Gasteiger partial charge in [-0.15, -0.1) is 0 Å². The Morgan fingerprint density at radius 1 is 1.05 bits per heavy atom. The van der Waals surface area contributed by atoms with Gasteiger partial charge in [-0.05, 0) is 17.5 Å². The Balaban J connectivity index is 1.82. The van der Waals surface area contributed by atoms with Crippen LogP contribution in [0, 0.1) is 0 Å². The van der Waals surface area contributed by atoms with Crippen molar-refractivity contribution in [1.29, 1.82) is 0 Å². The van der Waals surface area contributed by atoms with Crippen molar-refractivity contribution < 1.29 is 9.32 Å². The molecule has 3 rings (SSSR count). The van der Waals surface area contributed by atoms with Crippen LogP contribution in [-0.4, -0.2) is 11.1 Å². The summed E-state index contributed by atoms with van der Waals surface area (Å²) in [5, 5.41) is 6.62. The van der Waals surface area contributed by atoms with E-state index < -0.39 is 0 Å². The third kappa shape index (κ3) is 3.41. The number of nitrogens with zero attached hydrogens (tertiary/aromatic N) is 1. The highest BCUT2D eigenvalue weighted by Crippen LogP contribution is 2.19. The lowest BCUT2D eigenvalue weighted by Crippen LogP contribution is -2.29. The van der Waals surface area contributed by atoms with Crippen molar-refractivity contribution in [3.63, 3.8) is 0 Å². The molecule has 0 fully saturated rings. The van der Waals surface area contributed by atoms with Crippen LogP contribution in [-0.2, 0) is 6.42 Å². The predicted octanol–water partition coefficient (Wildman–Crippen LogP) is 3.39. The molecule has 1 aromatic heterocycles. The molecule has 4 nitrogen and oxygen atoms in total. The highest BCUT2D eigenvalue weighted by Gasteiger charge is 2.17. The van der Waals surface area contributed by atoms with Crippen LogP contribution in [0.2, 0.25) is 0 Å². The summed E-state index contributed by atoms with van der Waals surface area (Å²) in [5.74, 6) is -0.189. The monoisotopic (exact) mass is 292 g/mol. The van der Waals surface area contributed by atoms with Gasteiger partial charge < -0.3 is 9.84 Å². The van der Waals surface area contributed by atoms with Crippen molar-refractivity contribution in [1.82, 2.24) is 10.5 Å². The van der Waals surface area contributed by atoms with Crippen molar-refractivity contribution in [3.8, 4) is 0 Å². The fraction of sp³-hybridized carbons (Fsp3) is 0.111. The molecule has 0 aliphatic carbocycles. The summed E-state index contributed by atoms with van der Waals surface area (Å²) < 4.78 is 4.73. The molecule has 1 heterocycles. The molecule has 2 aromatic carbocycles. The number of rotatable bonds is 5. The maximum absolute atomic E-state index is 12.3. The second-order valence-corrected chi connectivity index (χ2v) is 5.04. The molecule has 0 saturated carbocycles. The molecular formula is C18H16N2O2. The fourth-order valence-electron chi connectivity index (χ4n) is 2.35. The van der Waals surface area contributed by atoms with E-state index in [2.05, 4.69) is 22.6 Å². The summed E-state index contributed by atoms with van der Waals surface area (Å²) in [5.41, 5.74) is 2.66. The van der Waals surface area contributed by atoms with Gasteiger partial charge in [-0.3, -0.25) is 4.79 Å². The number of nitrogens with one attached hydrogen (secondary N) is 1. The van der Waals surface area contributed by atoms with E-state index in [1.807, 2.05) is 48.5 Å². The number of carbonyl (C=O) groups excluding carboxylic acids is 1. The summed E-state index contributed by atoms with van der Waals surface area (Å²) in [6.07, 6.45) is 3.49. The normalized spacial score (nSPS) is 11.8. The molecule has 22 heavy (non-hydrogen) atoms. The van der Waals surface area contributed by atoms with Crippen LogP contribution in [0.5, 0.6) is 0 Å². The van der Waals surface area contributed by atoms with Gasteiger partial charge in [0.1, 0.15) is 6.26 Å². The molecule has 1 N–H and O–H groups in total. The Hall–Kier alpha value is -2.88. The van der Waals surface area contributed by atoms with Crippen LogP contribution in [0.1, 0.15) is 27.5 Å². The molecule has 1 atom stereocenters. The Labute approximate surface area is 128 Å². The number of benzene rings is 2. The van der Waals surface area contributed by atoms with Gasteiger partial charge in [-0.25, -0.2) is 0 Å². The number of carbonyl (C=O) groups is 1. The van der Waals surface area contributed by atoms with E-state index in [9.17, 15) is 4.79 Å². The maximum atomic E-state index is 12.3. The van der Waals surface area contributed by atoms with E-state index in [1.165, 1.54) is 18.0 Å². The van der Waals surface area contributed by atoms with Crippen LogP contribution >= 0.6 is 0 Å². The Morgan fingerprint density at radius 2 is 1.73 bits per heavy atom. The summed E-state index contributed by atoms with van der Waals surface area (Å²) in [4.78, 5) is 12.3. The van der Waals surface area contributed by atoms with Crippen LogP contribution in [0.25, 0.3) is 0 Å². The van der Waals surface area contributed by atoms with Crippen molar-refractivity contribution in [2.75, 3.05) is 0 Å². The average Bonchev–Trinajstić information content (AvgIpc) is 3.11. The fourth-order valence-corrected chi connectivity index (χ4v) is 2.35. The van der Waals surface area contributed by atoms with E-state index >= 15 is 0 Å². The number of hydrogen-bond donors (Lipinski definition) is 1. The van der Waals surface area contributed by atoms with Gasteiger partial charge >= 0.3 is 0 Å². The Kier molecular flexibility index (Phi) is 4.30. The standard InChI is InChI=1S/C18H16N2O2/c21-18(16-12-19-22-13-16)20-17(15-9-5-2-6-10-15)11-14-7-3-1-4-8-14/h1-10,12-13,17H,11H2,(H,20,21). The van der Waals surface area contributed by atoms with E-state index in [4.69, 9.17) is 4.52 Å². The van der Waals surface area contributed by atoms with Crippen molar-refractivity contribution in [3.05, 3.63) is 89.8 Å². The van der Waals surface area contributed by atoms with Gasteiger partial charge in [-0.1, -0.05) is 65.8 Å². The van der Waals surface area contributed by atoms with Crippen molar-refractivity contribution >= 4 is 5.91 Å². The lowest BCUT2D eigenvalue weighted by atomic mass is 9.98. The minimum atomic E-state index is -0.189. The van der Waals surface area contributed by atoms with E-state index in [0.717, 1.165) is 12.0 Å². The summed E-state index contributed by atoms with van der Waals surface area (Å²) in [6.45, 7) is 0. The van der Waals surface area contributed by atoms with Gasteiger partial charge in [0.2, 0.25) is 0 Å². The van der Waals surface area contributed by atoms with Crippen LogP contribution in [0.15, 0.2) is 77.6 Å². The molecule has 3 aromatic rings. The third-order valence-electron chi connectivity index (χ3n) is 3.48. The topological polar surface area (TPSA) is 55.1 Å². The highest BCUT2D eigenvalue weighted by molar-refractivity contribution is 5.93. The zero-order valence-electron chi connectivity index (χ0n) is 12.0. The molecule has 0 radical (unpaired) electrons.